The lowest BCUT2D eigenvalue weighted by atomic mass is 10.1. The average molecular weight is 250 g/mol. The first-order valence-corrected chi connectivity index (χ1v) is 6.52. The van der Waals surface area contributed by atoms with Gasteiger partial charge < -0.3 is 15.5 Å². The molecule has 4 nitrogen and oxygen atoms in total. The first-order valence-electron chi connectivity index (χ1n) is 4.46. The molecule has 15 heavy (non-hydrogen) atoms. The van der Waals surface area contributed by atoms with E-state index in [0.29, 0.717) is 10.6 Å². The van der Waals surface area contributed by atoms with E-state index in [1.807, 2.05) is 0 Å². The lowest BCUT2D eigenvalue weighted by Crippen LogP contribution is -2.07. The largest absolute Gasteiger partial charge is 0.333 e. The third-order valence-electron chi connectivity index (χ3n) is 2.10. The van der Waals surface area contributed by atoms with Gasteiger partial charge in [0.1, 0.15) is 0 Å². The molecule has 0 fully saturated rings. The summed E-state index contributed by atoms with van der Waals surface area (Å²) in [5, 5.41) is 0.538. The Labute approximate surface area is 93.2 Å². The zero-order valence-electron chi connectivity index (χ0n) is 8.01. The lowest BCUT2D eigenvalue weighted by Gasteiger charge is -2.17. The Morgan fingerprint density at radius 1 is 1.33 bits per heavy atom. The van der Waals surface area contributed by atoms with Gasteiger partial charge in [0, 0.05) is 5.02 Å². The fourth-order valence-electron chi connectivity index (χ4n) is 1.37. The molecule has 0 saturated heterocycles. The molecule has 0 aromatic heterocycles. The van der Waals surface area contributed by atoms with Crippen LogP contribution in [0.4, 0.5) is 0 Å². The lowest BCUT2D eigenvalue weighted by molar-refractivity contribution is 0.356. The molecule has 0 radical (unpaired) electrons. The highest BCUT2D eigenvalue weighted by Gasteiger charge is 2.29. The van der Waals surface area contributed by atoms with Gasteiger partial charge in [-0.25, -0.2) is 0 Å². The van der Waals surface area contributed by atoms with Crippen molar-refractivity contribution in [3.8, 4) is 0 Å². The van der Waals surface area contributed by atoms with Crippen molar-refractivity contribution >= 4 is 19.2 Å². The van der Waals surface area contributed by atoms with Crippen LogP contribution in [-0.2, 0) is 4.57 Å². The molecule has 1 rings (SSSR count). The maximum Gasteiger partial charge on any atom is 0.333 e. The second-order valence-electron chi connectivity index (χ2n) is 3.23. The van der Waals surface area contributed by atoms with Crippen molar-refractivity contribution < 1.29 is 14.4 Å². The van der Waals surface area contributed by atoms with E-state index in [4.69, 9.17) is 27.1 Å². The summed E-state index contributed by atoms with van der Waals surface area (Å²) in [7, 11) is -4.15. The number of benzene rings is 1. The first kappa shape index (κ1) is 12.7. The van der Waals surface area contributed by atoms with E-state index in [-0.39, 0.29) is 13.0 Å². The van der Waals surface area contributed by atoms with E-state index in [1.165, 1.54) is 0 Å². The quantitative estimate of drug-likeness (QED) is 0.712. The van der Waals surface area contributed by atoms with Crippen molar-refractivity contribution in [2.45, 2.75) is 12.1 Å². The molecule has 0 heterocycles. The minimum atomic E-state index is -4.15. The second kappa shape index (κ2) is 5.10. The van der Waals surface area contributed by atoms with Gasteiger partial charge >= 0.3 is 7.60 Å². The van der Waals surface area contributed by atoms with Gasteiger partial charge in [-0.1, -0.05) is 23.7 Å². The summed E-state index contributed by atoms with van der Waals surface area (Å²) in [6, 6.07) is 6.44. The predicted molar refractivity (Wildman–Crippen MR) is 59.9 cm³/mol. The molecule has 1 unspecified atom stereocenters. The van der Waals surface area contributed by atoms with E-state index < -0.39 is 13.3 Å². The van der Waals surface area contributed by atoms with E-state index in [1.54, 1.807) is 24.3 Å². The van der Waals surface area contributed by atoms with Crippen molar-refractivity contribution in [3.05, 3.63) is 34.9 Å². The molecule has 0 aliphatic rings. The number of rotatable bonds is 4. The maximum absolute atomic E-state index is 11.2. The van der Waals surface area contributed by atoms with Gasteiger partial charge in [-0.05, 0) is 30.7 Å². The smallest absolute Gasteiger partial charge is 0.330 e. The highest BCUT2D eigenvalue weighted by atomic mass is 35.5. The highest BCUT2D eigenvalue weighted by molar-refractivity contribution is 7.52. The van der Waals surface area contributed by atoms with Crippen LogP contribution in [0, 0.1) is 0 Å². The topological polar surface area (TPSA) is 83.6 Å². The number of halogens is 1. The zero-order chi connectivity index (χ0) is 11.5. The molecule has 0 spiro atoms. The summed E-state index contributed by atoms with van der Waals surface area (Å²) >= 11 is 5.69. The van der Waals surface area contributed by atoms with Gasteiger partial charge in [0.25, 0.3) is 0 Å². The van der Waals surface area contributed by atoms with Crippen LogP contribution in [-0.4, -0.2) is 16.3 Å². The van der Waals surface area contributed by atoms with Crippen LogP contribution >= 0.6 is 19.2 Å². The monoisotopic (exact) mass is 249 g/mol. The molecule has 0 bridgehead atoms. The molecule has 0 amide bonds. The highest BCUT2D eigenvalue weighted by Crippen LogP contribution is 2.53. The van der Waals surface area contributed by atoms with Gasteiger partial charge in [0.15, 0.2) is 0 Å². The molecule has 84 valence electrons. The number of hydrogen-bond donors (Lipinski definition) is 3. The van der Waals surface area contributed by atoms with E-state index in [2.05, 4.69) is 0 Å². The Hall–Kier alpha value is -0.380. The molecule has 1 aromatic carbocycles. The fourth-order valence-corrected chi connectivity index (χ4v) is 2.54. The molecule has 0 saturated carbocycles. The number of nitrogens with two attached hydrogens (primary N) is 1. The van der Waals surface area contributed by atoms with Gasteiger partial charge in [-0.3, -0.25) is 4.57 Å². The molecule has 1 atom stereocenters. The van der Waals surface area contributed by atoms with Crippen LogP contribution in [0.5, 0.6) is 0 Å². The first-order chi connectivity index (χ1) is 6.95. The fraction of sp³-hybridized carbons (Fsp3) is 0.333. The Bertz CT molecular complexity index is 362. The van der Waals surface area contributed by atoms with Crippen LogP contribution in [0.25, 0.3) is 0 Å². The summed E-state index contributed by atoms with van der Waals surface area (Å²) in [5.41, 5.74) is 5.06. The van der Waals surface area contributed by atoms with Crippen molar-refractivity contribution in [1.29, 1.82) is 0 Å². The maximum atomic E-state index is 11.2. The molecule has 0 aliphatic heterocycles. The van der Waals surface area contributed by atoms with E-state index in [0.717, 1.165) is 0 Å². The third kappa shape index (κ3) is 3.59. The zero-order valence-corrected chi connectivity index (χ0v) is 9.66. The Morgan fingerprint density at radius 2 is 1.87 bits per heavy atom. The molecule has 4 N–H and O–H groups in total. The molecular weight excluding hydrogens is 237 g/mol. The summed E-state index contributed by atoms with van der Waals surface area (Å²) in [6.45, 7) is 0.235. The molecule has 0 aliphatic carbocycles. The van der Waals surface area contributed by atoms with Crippen molar-refractivity contribution in [3.63, 3.8) is 0 Å². The van der Waals surface area contributed by atoms with Crippen molar-refractivity contribution in [2.24, 2.45) is 5.73 Å². The van der Waals surface area contributed by atoms with Crippen LogP contribution in [0.1, 0.15) is 17.6 Å². The van der Waals surface area contributed by atoms with Gasteiger partial charge in [-0.15, -0.1) is 0 Å². The summed E-state index contributed by atoms with van der Waals surface area (Å²) < 4.78 is 11.2. The SMILES string of the molecule is NCCC(c1ccc(Cl)cc1)P(=O)(O)O. The second-order valence-corrected chi connectivity index (χ2v) is 5.47. The van der Waals surface area contributed by atoms with Crippen LogP contribution < -0.4 is 5.73 Å². The van der Waals surface area contributed by atoms with Crippen molar-refractivity contribution in [1.82, 2.24) is 0 Å². The standard InChI is InChI=1S/C9H13ClNO3P/c10-8-3-1-7(2-4-8)9(5-6-11)15(12,13)14/h1-4,9H,5-6,11H2,(H2,12,13,14). The van der Waals surface area contributed by atoms with Crippen LogP contribution in [0.15, 0.2) is 24.3 Å². The predicted octanol–water partition coefficient (Wildman–Crippen LogP) is 1.91. The summed E-state index contributed by atoms with van der Waals surface area (Å²) in [5.74, 6) is 0. The Balaban J connectivity index is 2.99. The Morgan fingerprint density at radius 3 is 2.27 bits per heavy atom. The van der Waals surface area contributed by atoms with Gasteiger partial charge in [0.05, 0.1) is 5.66 Å². The molecule has 6 heteroatoms. The Kier molecular flexibility index (Phi) is 4.32. The summed E-state index contributed by atoms with van der Waals surface area (Å²) in [4.78, 5) is 18.3. The molecular formula is C9H13ClNO3P. The van der Waals surface area contributed by atoms with Gasteiger partial charge in [0.2, 0.25) is 0 Å². The third-order valence-corrected chi connectivity index (χ3v) is 3.72. The minimum Gasteiger partial charge on any atom is -0.330 e. The summed E-state index contributed by atoms with van der Waals surface area (Å²) in [6.07, 6.45) is 0.256. The minimum absolute atomic E-state index is 0.235. The van der Waals surface area contributed by atoms with Crippen LogP contribution in [0.2, 0.25) is 5.02 Å². The normalized spacial score (nSPS) is 13.9. The average Bonchev–Trinajstić information content (AvgIpc) is 2.14. The van der Waals surface area contributed by atoms with E-state index >= 15 is 0 Å². The number of hydrogen-bond acceptors (Lipinski definition) is 2. The van der Waals surface area contributed by atoms with E-state index in [9.17, 15) is 4.57 Å². The molecule has 1 aromatic rings. The van der Waals surface area contributed by atoms with Crippen molar-refractivity contribution in [2.75, 3.05) is 6.54 Å². The van der Waals surface area contributed by atoms with Gasteiger partial charge in [-0.2, -0.15) is 0 Å². The van der Waals surface area contributed by atoms with Crippen LogP contribution in [0.3, 0.4) is 0 Å².